The number of nitrogens with one attached hydrogen (secondary N) is 1. The zero-order chi connectivity index (χ0) is 16.6. The maximum absolute atomic E-state index is 11.0. The summed E-state index contributed by atoms with van der Waals surface area (Å²) in [5.41, 5.74) is 1.06. The molecular formula is C17H15BrClNO3. The highest BCUT2D eigenvalue weighted by Gasteiger charge is 2.48. The molecule has 120 valence electrons. The molecule has 2 aromatic carbocycles. The van der Waals surface area contributed by atoms with Crippen LogP contribution < -0.4 is 10.1 Å². The summed E-state index contributed by atoms with van der Waals surface area (Å²) in [6.45, 7) is 2.16. The topological polar surface area (TPSA) is 58.6 Å². The molecule has 0 spiro atoms. The smallest absolute Gasteiger partial charge is 0.404 e. The van der Waals surface area contributed by atoms with E-state index in [0.29, 0.717) is 10.8 Å². The number of rotatable bonds is 3. The predicted octanol–water partition coefficient (Wildman–Crippen LogP) is 4.76. The van der Waals surface area contributed by atoms with Crippen LogP contribution in [0.1, 0.15) is 24.0 Å². The van der Waals surface area contributed by atoms with Crippen molar-refractivity contribution in [2.75, 3.05) is 6.54 Å². The standard InChI is InChI=1S/C17H15BrClNO3/c1-10-14-13(8-7-12(19)15(14)18)23-17(10,9-20-16(21)22)11-5-3-2-4-6-11/h2-8,10,20H,9H2,1H3,(H,21,22)/t10-,17+/m0/s1. The van der Waals surface area contributed by atoms with Crippen LogP contribution in [0.5, 0.6) is 5.75 Å². The van der Waals surface area contributed by atoms with Crippen molar-refractivity contribution in [3.05, 3.63) is 63.1 Å². The highest BCUT2D eigenvalue weighted by molar-refractivity contribution is 9.10. The maximum atomic E-state index is 11.0. The average Bonchev–Trinajstić information content (AvgIpc) is 2.84. The fraction of sp³-hybridized carbons (Fsp3) is 0.235. The zero-order valence-electron chi connectivity index (χ0n) is 12.3. The van der Waals surface area contributed by atoms with Gasteiger partial charge in [-0.1, -0.05) is 48.9 Å². The lowest BCUT2D eigenvalue weighted by Gasteiger charge is -2.33. The first-order chi connectivity index (χ1) is 11.0. The van der Waals surface area contributed by atoms with Crippen molar-refractivity contribution < 1.29 is 14.6 Å². The highest BCUT2D eigenvalue weighted by atomic mass is 79.9. The Kier molecular flexibility index (Phi) is 4.25. The Bertz CT molecular complexity index is 753. The number of hydrogen-bond donors (Lipinski definition) is 2. The maximum Gasteiger partial charge on any atom is 0.404 e. The number of fused-ring (bicyclic) bond motifs is 1. The van der Waals surface area contributed by atoms with E-state index in [1.807, 2.05) is 43.3 Å². The van der Waals surface area contributed by atoms with E-state index in [1.54, 1.807) is 6.07 Å². The Labute approximate surface area is 147 Å². The molecule has 1 aliphatic heterocycles. The fourth-order valence-electron chi connectivity index (χ4n) is 3.09. The van der Waals surface area contributed by atoms with Crippen molar-refractivity contribution in [1.82, 2.24) is 5.32 Å². The number of carbonyl (C=O) groups is 1. The van der Waals surface area contributed by atoms with Crippen LogP contribution in [-0.2, 0) is 5.60 Å². The molecule has 0 saturated heterocycles. The van der Waals surface area contributed by atoms with Crippen molar-refractivity contribution in [3.63, 3.8) is 0 Å². The minimum atomic E-state index is -1.08. The van der Waals surface area contributed by atoms with Crippen LogP contribution in [0.25, 0.3) is 0 Å². The summed E-state index contributed by atoms with van der Waals surface area (Å²) >= 11 is 9.74. The van der Waals surface area contributed by atoms with E-state index in [2.05, 4.69) is 21.2 Å². The minimum absolute atomic E-state index is 0.0835. The van der Waals surface area contributed by atoms with Crippen LogP contribution in [0.15, 0.2) is 46.9 Å². The van der Waals surface area contributed by atoms with Gasteiger partial charge in [0.05, 0.1) is 11.6 Å². The molecule has 0 saturated carbocycles. The zero-order valence-corrected chi connectivity index (χ0v) is 14.7. The van der Waals surface area contributed by atoms with Crippen LogP contribution in [0.2, 0.25) is 5.02 Å². The SMILES string of the molecule is C[C@H]1c2c(ccc(Cl)c2Br)O[C@@]1(CNC(=O)O)c1ccccc1. The third-order valence-corrected chi connectivity index (χ3v) is 5.68. The molecule has 6 heteroatoms. The number of carboxylic acid groups (broad SMARTS) is 1. The first-order valence-electron chi connectivity index (χ1n) is 7.15. The minimum Gasteiger partial charge on any atom is -0.480 e. The Morgan fingerprint density at radius 3 is 2.70 bits per heavy atom. The first-order valence-corrected chi connectivity index (χ1v) is 8.32. The number of benzene rings is 2. The van der Waals surface area contributed by atoms with Crippen LogP contribution in [0, 0.1) is 0 Å². The molecule has 0 bridgehead atoms. The number of halogens is 2. The van der Waals surface area contributed by atoms with Gasteiger partial charge in [-0.05, 0) is 33.6 Å². The van der Waals surface area contributed by atoms with E-state index in [1.165, 1.54) is 0 Å². The van der Waals surface area contributed by atoms with Crippen molar-refractivity contribution in [2.24, 2.45) is 0 Å². The van der Waals surface area contributed by atoms with Crippen LogP contribution in [-0.4, -0.2) is 17.7 Å². The number of ether oxygens (including phenoxy) is 1. The van der Waals surface area contributed by atoms with Gasteiger partial charge in [-0.15, -0.1) is 0 Å². The van der Waals surface area contributed by atoms with Gasteiger partial charge in [-0.3, -0.25) is 0 Å². The van der Waals surface area contributed by atoms with Gasteiger partial charge in [0, 0.05) is 16.0 Å². The van der Waals surface area contributed by atoms with Gasteiger partial charge in [0.1, 0.15) is 5.75 Å². The Balaban J connectivity index is 2.11. The summed E-state index contributed by atoms with van der Waals surface area (Å²) in [6.07, 6.45) is -1.08. The first kappa shape index (κ1) is 16.1. The van der Waals surface area contributed by atoms with E-state index in [9.17, 15) is 4.79 Å². The van der Waals surface area contributed by atoms with Gasteiger partial charge in [0.2, 0.25) is 0 Å². The van der Waals surface area contributed by atoms with Crippen molar-refractivity contribution in [2.45, 2.75) is 18.4 Å². The molecule has 0 fully saturated rings. The highest BCUT2D eigenvalue weighted by Crippen LogP contribution is 2.53. The fourth-order valence-corrected chi connectivity index (χ4v) is 3.92. The van der Waals surface area contributed by atoms with Gasteiger partial charge < -0.3 is 15.2 Å². The lowest BCUT2D eigenvalue weighted by molar-refractivity contribution is 0.0691. The molecule has 1 heterocycles. The molecule has 3 rings (SSSR count). The Morgan fingerprint density at radius 1 is 1.35 bits per heavy atom. The van der Waals surface area contributed by atoms with E-state index in [-0.39, 0.29) is 12.5 Å². The van der Waals surface area contributed by atoms with Crippen molar-refractivity contribution >= 4 is 33.6 Å². The molecule has 0 aliphatic carbocycles. The summed E-state index contributed by atoms with van der Waals surface area (Å²) in [4.78, 5) is 11.0. The molecule has 2 N–H and O–H groups in total. The van der Waals surface area contributed by atoms with Gasteiger partial charge in [-0.25, -0.2) is 4.79 Å². The van der Waals surface area contributed by atoms with E-state index >= 15 is 0 Å². The van der Waals surface area contributed by atoms with Gasteiger partial charge in [-0.2, -0.15) is 0 Å². The second-order valence-electron chi connectivity index (χ2n) is 5.51. The molecule has 2 aromatic rings. The molecule has 1 aliphatic rings. The summed E-state index contributed by atoms with van der Waals surface area (Å²) in [5, 5.41) is 12.1. The molecule has 0 unspecified atom stereocenters. The van der Waals surface area contributed by atoms with E-state index < -0.39 is 11.7 Å². The Morgan fingerprint density at radius 2 is 2.04 bits per heavy atom. The van der Waals surface area contributed by atoms with Crippen molar-refractivity contribution in [1.29, 1.82) is 0 Å². The largest absolute Gasteiger partial charge is 0.480 e. The molecule has 1 amide bonds. The van der Waals surface area contributed by atoms with Crippen LogP contribution in [0.3, 0.4) is 0 Å². The molecule has 0 radical (unpaired) electrons. The predicted molar refractivity (Wildman–Crippen MR) is 92.3 cm³/mol. The molecule has 2 atom stereocenters. The van der Waals surface area contributed by atoms with Crippen LogP contribution in [0.4, 0.5) is 4.79 Å². The molecule has 23 heavy (non-hydrogen) atoms. The second kappa shape index (κ2) is 6.06. The monoisotopic (exact) mass is 395 g/mol. The third-order valence-electron chi connectivity index (χ3n) is 4.28. The van der Waals surface area contributed by atoms with E-state index in [0.717, 1.165) is 15.6 Å². The quantitative estimate of drug-likeness (QED) is 0.786. The number of amides is 1. The van der Waals surface area contributed by atoms with E-state index in [4.69, 9.17) is 21.4 Å². The van der Waals surface area contributed by atoms with Gasteiger partial charge >= 0.3 is 6.09 Å². The van der Waals surface area contributed by atoms with Gasteiger partial charge in [0.15, 0.2) is 5.60 Å². The lowest BCUT2D eigenvalue weighted by Crippen LogP contribution is -2.45. The average molecular weight is 397 g/mol. The number of hydrogen-bond acceptors (Lipinski definition) is 2. The van der Waals surface area contributed by atoms with Crippen molar-refractivity contribution in [3.8, 4) is 5.75 Å². The molecular weight excluding hydrogens is 382 g/mol. The lowest BCUT2D eigenvalue weighted by atomic mass is 9.80. The van der Waals surface area contributed by atoms with Crippen LogP contribution >= 0.6 is 27.5 Å². The third kappa shape index (κ3) is 2.68. The molecule has 4 nitrogen and oxygen atoms in total. The summed E-state index contributed by atoms with van der Waals surface area (Å²) in [6, 6.07) is 13.2. The summed E-state index contributed by atoms with van der Waals surface area (Å²) in [5.74, 6) is 0.629. The summed E-state index contributed by atoms with van der Waals surface area (Å²) in [7, 11) is 0. The normalized spacial score (nSPS) is 22.3. The van der Waals surface area contributed by atoms with Gasteiger partial charge in [0.25, 0.3) is 0 Å². The second-order valence-corrected chi connectivity index (χ2v) is 6.71. The summed E-state index contributed by atoms with van der Waals surface area (Å²) < 4.78 is 7.05. The molecule has 0 aromatic heterocycles. The Hall–Kier alpha value is -1.72.